The Morgan fingerprint density at radius 2 is 2.05 bits per heavy atom. The van der Waals surface area contributed by atoms with Crippen molar-refractivity contribution in [2.45, 2.75) is 38.1 Å². The van der Waals surface area contributed by atoms with Gasteiger partial charge in [-0.15, -0.1) is 11.3 Å². The van der Waals surface area contributed by atoms with Gasteiger partial charge in [0.05, 0.1) is 7.11 Å². The SMILES string of the molecule is CNC(=O)c1sc(NC2CCCCC2)c(OC)c1N. The van der Waals surface area contributed by atoms with Crippen LogP contribution in [0.5, 0.6) is 5.75 Å². The molecule has 0 aliphatic heterocycles. The van der Waals surface area contributed by atoms with Gasteiger partial charge in [-0.3, -0.25) is 4.79 Å². The van der Waals surface area contributed by atoms with Crippen LogP contribution in [0.3, 0.4) is 0 Å². The van der Waals surface area contributed by atoms with E-state index in [2.05, 4.69) is 10.6 Å². The minimum atomic E-state index is -0.169. The summed E-state index contributed by atoms with van der Waals surface area (Å²) in [5, 5.41) is 6.94. The maximum atomic E-state index is 11.7. The molecule has 19 heavy (non-hydrogen) atoms. The lowest BCUT2D eigenvalue weighted by molar-refractivity contribution is 0.0967. The molecule has 0 bridgehead atoms. The van der Waals surface area contributed by atoms with Crippen molar-refractivity contribution >= 4 is 27.9 Å². The molecule has 2 rings (SSSR count). The van der Waals surface area contributed by atoms with Gasteiger partial charge in [0.2, 0.25) is 0 Å². The third-order valence-electron chi connectivity index (χ3n) is 3.48. The van der Waals surface area contributed by atoms with Crippen molar-refractivity contribution in [1.29, 1.82) is 0 Å². The highest BCUT2D eigenvalue weighted by Crippen LogP contribution is 2.43. The third kappa shape index (κ3) is 2.94. The zero-order chi connectivity index (χ0) is 13.8. The van der Waals surface area contributed by atoms with Crippen molar-refractivity contribution < 1.29 is 9.53 Å². The molecular formula is C13H21N3O2S. The number of carbonyl (C=O) groups is 1. The molecule has 1 aromatic heterocycles. The molecule has 0 unspecified atom stereocenters. The summed E-state index contributed by atoms with van der Waals surface area (Å²) in [7, 11) is 3.18. The van der Waals surface area contributed by atoms with Gasteiger partial charge >= 0.3 is 0 Å². The summed E-state index contributed by atoms with van der Waals surface area (Å²) >= 11 is 1.36. The number of hydrogen-bond donors (Lipinski definition) is 3. The number of amides is 1. The predicted octanol–water partition coefficient (Wildman–Crippen LogP) is 2.44. The van der Waals surface area contributed by atoms with E-state index < -0.39 is 0 Å². The first-order valence-electron chi connectivity index (χ1n) is 6.62. The van der Waals surface area contributed by atoms with Crippen molar-refractivity contribution in [2.75, 3.05) is 25.2 Å². The summed E-state index contributed by atoms with van der Waals surface area (Å²) in [5.41, 5.74) is 6.40. The minimum Gasteiger partial charge on any atom is -0.492 e. The van der Waals surface area contributed by atoms with Crippen LogP contribution in [0.2, 0.25) is 0 Å². The molecule has 0 aromatic carbocycles. The van der Waals surface area contributed by atoms with E-state index in [1.54, 1.807) is 14.2 Å². The van der Waals surface area contributed by atoms with Gasteiger partial charge in [-0.1, -0.05) is 19.3 Å². The van der Waals surface area contributed by atoms with E-state index >= 15 is 0 Å². The molecule has 4 N–H and O–H groups in total. The Bertz CT molecular complexity index is 453. The largest absolute Gasteiger partial charge is 0.492 e. The lowest BCUT2D eigenvalue weighted by Gasteiger charge is -2.23. The van der Waals surface area contributed by atoms with Crippen LogP contribution in [0.15, 0.2) is 0 Å². The first-order valence-corrected chi connectivity index (χ1v) is 7.44. The second-order valence-corrected chi connectivity index (χ2v) is 5.79. The second-order valence-electron chi connectivity index (χ2n) is 4.77. The highest BCUT2D eigenvalue weighted by molar-refractivity contribution is 7.19. The number of methoxy groups -OCH3 is 1. The van der Waals surface area contributed by atoms with Crippen LogP contribution in [0.4, 0.5) is 10.7 Å². The number of rotatable bonds is 4. The Balaban J connectivity index is 2.21. The Labute approximate surface area is 117 Å². The summed E-state index contributed by atoms with van der Waals surface area (Å²) in [5.74, 6) is 0.423. The highest BCUT2D eigenvalue weighted by atomic mass is 32.1. The van der Waals surface area contributed by atoms with Crippen LogP contribution in [0.1, 0.15) is 41.8 Å². The van der Waals surface area contributed by atoms with Crippen molar-refractivity contribution in [1.82, 2.24) is 5.32 Å². The van der Waals surface area contributed by atoms with E-state index in [1.165, 1.54) is 30.6 Å². The molecule has 1 saturated carbocycles. The molecule has 0 radical (unpaired) electrons. The number of thiophene rings is 1. The average molecular weight is 283 g/mol. The number of nitrogens with one attached hydrogen (secondary N) is 2. The fourth-order valence-corrected chi connectivity index (χ4v) is 3.55. The number of carbonyl (C=O) groups excluding carboxylic acids is 1. The van der Waals surface area contributed by atoms with Gasteiger partial charge in [-0.25, -0.2) is 0 Å². The van der Waals surface area contributed by atoms with E-state index in [0.717, 1.165) is 17.8 Å². The van der Waals surface area contributed by atoms with Crippen molar-refractivity contribution in [3.05, 3.63) is 4.88 Å². The van der Waals surface area contributed by atoms with E-state index in [0.29, 0.717) is 22.4 Å². The first kappa shape index (κ1) is 14.0. The molecule has 1 heterocycles. The number of nitrogens with two attached hydrogens (primary N) is 1. The van der Waals surface area contributed by atoms with Crippen LogP contribution in [-0.4, -0.2) is 26.1 Å². The normalized spacial score (nSPS) is 16.1. The number of hydrogen-bond acceptors (Lipinski definition) is 5. The highest BCUT2D eigenvalue weighted by Gasteiger charge is 2.23. The van der Waals surface area contributed by atoms with Crippen molar-refractivity contribution in [3.63, 3.8) is 0 Å². The molecule has 0 atom stereocenters. The van der Waals surface area contributed by atoms with E-state index in [4.69, 9.17) is 10.5 Å². The fourth-order valence-electron chi connectivity index (χ4n) is 2.44. The van der Waals surface area contributed by atoms with Crippen LogP contribution in [-0.2, 0) is 0 Å². The zero-order valence-electron chi connectivity index (χ0n) is 11.4. The summed E-state index contributed by atoms with van der Waals surface area (Å²) < 4.78 is 5.34. The fraction of sp³-hybridized carbons (Fsp3) is 0.615. The van der Waals surface area contributed by atoms with Crippen LogP contribution in [0.25, 0.3) is 0 Å². The monoisotopic (exact) mass is 283 g/mol. The summed E-state index contributed by atoms with van der Waals surface area (Å²) in [4.78, 5) is 12.3. The molecule has 1 aliphatic rings. The molecule has 1 fully saturated rings. The maximum Gasteiger partial charge on any atom is 0.263 e. The summed E-state index contributed by atoms with van der Waals surface area (Å²) in [6, 6.07) is 0.457. The van der Waals surface area contributed by atoms with E-state index in [1.807, 2.05) is 0 Å². The molecule has 106 valence electrons. The van der Waals surface area contributed by atoms with Crippen LogP contribution < -0.4 is 21.1 Å². The number of nitrogen functional groups attached to an aromatic ring is 1. The molecule has 0 saturated heterocycles. The van der Waals surface area contributed by atoms with Crippen LogP contribution in [0, 0.1) is 0 Å². The van der Waals surface area contributed by atoms with Gasteiger partial charge in [0, 0.05) is 13.1 Å². The maximum absolute atomic E-state index is 11.7. The second kappa shape index (κ2) is 6.14. The number of ether oxygens (including phenoxy) is 1. The Hall–Kier alpha value is -1.43. The Kier molecular flexibility index (Phi) is 4.52. The predicted molar refractivity (Wildman–Crippen MR) is 79.2 cm³/mol. The standard InChI is InChI=1S/C13H21N3O2S/c1-15-12(17)11-9(14)10(18-2)13(19-11)16-8-6-4-3-5-7-8/h8,16H,3-7,14H2,1-2H3,(H,15,17). The molecule has 1 amide bonds. The third-order valence-corrected chi connectivity index (χ3v) is 4.59. The molecule has 6 heteroatoms. The van der Waals surface area contributed by atoms with Gasteiger partial charge in [0.1, 0.15) is 15.6 Å². The topological polar surface area (TPSA) is 76.4 Å². The van der Waals surface area contributed by atoms with E-state index in [-0.39, 0.29) is 5.91 Å². The van der Waals surface area contributed by atoms with E-state index in [9.17, 15) is 4.79 Å². The molecular weight excluding hydrogens is 262 g/mol. The molecule has 1 aliphatic carbocycles. The Morgan fingerprint density at radius 3 is 2.63 bits per heavy atom. The van der Waals surface area contributed by atoms with Gasteiger partial charge in [-0.05, 0) is 12.8 Å². The zero-order valence-corrected chi connectivity index (χ0v) is 12.2. The summed E-state index contributed by atoms with van der Waals surface area (Å²) in [6.45, 7) is 0. The Morgan fingerprint density at radius 1 is 1.37 bits per heavy atom. The van der Waals surface area contributed by atoms with Gasteiger partial charge < -0.3 is 21.1 Å². The lowest BCUT2D eigenvalue weighted by Crippen LogP contribution is -2.21. The molecule has 1 aromatic rings. The smallest absolute Gasteiger partial charge is 0.263 e. The van der Waals surface area contributed by atoms with Crippen molar-refractivity contribution in [3.8, 4) is 5.75 Å². The van der Waals surface area contributed by atoms with Gasteiger partial charge in [0.15, 0.2) is 5.75 Å². The number of anilines is 2. The summed E-state index contributed by atoms with van der Waals surface area (Å²) in [6.07, 6.45) is 6.14. The average Bonchev–Trinajstić information content (AvgIpc) is 2.75. The minimum absolute atomic E-state index is 0.169. The van der Waals surface area contributed by atoms with Gasteiger partial charge in [0.25, 0.3) is 5.91 Å². The van der Waals surface area contributed by atoms with Crippen LogP contribution >= 0.6 is 11.3 Å². The lowest BCUT2D eigenvalue weighted by atomic mass is 9.96. The molecule has 5 nitrogen and oxygen atoms in total. The van der Waals surface area contributed by atoms with Crippen molar-refractivity contribution in [2.24, 2.45) is 0 Å². The quantitative estimate of drug-likeness (QED) is 0.793. The molecule has 0 spiro atoms. The first-order chi connectivity index (χ1) is 9.17. The van der Waals surface area contributed by atoms with Gasteiger partial charge in [-0.2, -0.15) is 0 Å².